The fraction of sp³-hybridized carbons (Fsp3) is 1.00. The van der Waals surface area contributed by atoms with Crippen LogP contribution in [0.2, 0.25) is 0 Å². The van der Waals surface area contributed by atoms with E-state index in [2.05, 4.69) is 5.32 Å². The van der Waals surface area contributed by atoms with Gasteiger partial charge in [-0.25, -0.2) is 0 Å². The summed E-state index contributed by atoms with van der Waals surface area (Å²) in [4.78, 5) is 0. The maximum absolute atomic E-state index is 8.66. The third-order valence-corrected chi connectivity index (χ3v) is 5.18. The van der Waals surface area contributed by atoms with Crippen LogP contribution in [0.15, 0.2) is 0 Å². The van der Waals surface area contributed by atoms with Gasteiger partial charge in [-0.2, -0.15) is 0 Å². The average Bonchev–Trinajstić information content (AvgIpc) is 2.52. The first-order valence-corrected chi connectivity index (χ1v) is 8.84. The number of hydrogen-bond donors (Lipinski definition) is 2. The number of hydrogen-bond acceptors (Lipinski definition) is 3. The number of ether oxygens (including phenoxy) is 1. The van der Waals surface area contributed by atoms with Crippen LogP contribution in [0.3, 0.4) is 0 Å². The van der Waals surface area contributed by atoms with Crippen molar-refractivity contribution in [3.63, 3.8) is 0 Å². The third kappa shape index (κ3) is 5.34. The van der Waals surface area contributed by atoms with Crippen molar-refractivity contribution in [2.24, 2.45) is 11.8 Å². The van der Waals surface area contributed by atoms with Gasteiger partial charge >= 0.3 is 0 Å². The Morgan fingerprint density at radius 2 is 1.65 bits per heavy atom. The van der Waals surface area contributed by atoms with Gasteiger partial charge < -0.3 is 15.2 Å². The molecule has 0 spiro atoms. The molecule has 0 amide bonds. The molecule has 2 rings (SSSR count). The van der Waals surface area contributed by atoms with Gasteiger partial charge in [0.05, 0.1) is 13.2 Å². The Labute approximate surface area is 124 Å². The smallest absolute Gasteiger partial charge is 0.0697 e. The highest BCUT2D eigenvalue weighted by Gasteiger charge is 2.31. The molecule has 118 valence electrons. The maximum atomic E-state index is 8.66. The number of aliphatic hydroxyl groups excluding tert-OH is 1. The summed E-state index contributed by atoms with van der Waals surface area (Å²) in [5.41, 5.74) is 0. The summed E-state index contributed by atoms with van der Waals surface area (Å²) in [6, 6.07) is 0.754. The van der Waals surface area contributed by atoms with Crippen LogP contribution in [0.4, 0.5) is 0 Å². The average molecular weight is 283 g/mol. The van der Waals surface area contributed by atoms with Crippen LogP contribution < -0.4 is 5.32 Å². The summed E-state index contributed by atoms with van der Waals surface area (Å²) in [7, 11) is 0. The fourth-order valence-corrected chi connectivity index (χ4v) is 4.17. The minimum Gasteiger partial charge on any atom is -0.394 e. The summed E-state index contributed by atoms with van der Waals surface area (Å²) >= 11 is 0. The molecule has 0 aromatic heterocycles. The highest BCUT2D eigenvalue weighted by atomic mass is 16.5. The molecule has 3 nitrogen and oxygen atoms in total. The second-order valence-corrected chi connectivity index (χ2v) is 6.60. The number of nitrogens with one attached hydrogen (secondary N) is 1. The molecular formula is C17H33NO2. The van der Waals surface area contributed by atoms with Gasteiger partial charge in [0.2, 0.25) is 0 Å². The number of rotatable bonds is 8. The summed E-state index contributed by atoms with van der Waals surface area (Å²) in [5, 5.41) is 12.5. The van der Waals surface area contributed by atoms with Crippen LogP contribution in [-0.2, 0) is 4.74 Å². The summed E-state index contributed by atoms with van der Waals surface area (Å²) in [6.45, 7) is 2.46. The topological polar surface area (TPSA) is 41.5 Å². The van der Waals surface area contributed by atoms with Crippen molar-refractivity contribution in [1.82, 2.24) is 5.32 Å². The molecule has 2 N–H and O–H groups in total. The van der Waals surface area contributed by atoms with Gasteiger partial charge in [0.1, 0.15) is 0 Å². The van der Waals surface area contributed by atoms with E-state index in [4.69, 9.17) is 9.84 Å². The van der Waals surface area contributed by atoms with E-state index >= 15 is 0 Å². The first-order chi connectivity index (χ1) is 9.92. The van der Waals surface area contributed by atoms with Crippen molar-refractivity contribution in [3.05, 3.63) is 0 Å². The zero-order chi connectivity index (χ0) is 14.0. The molecule has 2 atom stereocenters. The van der Waals surface area contributed by atoms with Crippen LogP contribution in [0.1, 0.15) is 64.2 Å². The summed E-state index contributed by atoms with van der Waals surface area (Å²) in [5.74, 6) is 1.93. The molecule has 0 aliphatic heterocycles. The Hall–Kier alpha value is -0.120. The molecule has 2 aliphatic rings. The molecule has 0 aromatic carbocycles. The lowest BCUT2D eigenvalue weighted by Crippen LogP contribution is -2.43. The lowest BCUT2D eigenvalue weighted by atomic mass is 9.71. The molecule has 0 bridgehead atoms. The van der Waals surface area contributed by atoms with Crippen LogP contribution in [0.5, 0.6) is 0 Å². The Morgan fingerprint density at radius 3 is 2.45 bits per heavy atom. The molecule has 2 aliphatic carbocycles. The molecule has 2 fully saturated rings. The van der Waals surface area contributed by atoms with Crippen molar-refractivity contribution in [2.45, 2.75) is 70.3 Å². The van der Waals surface area contributed by atoms with E-state index in [-0.39, 0.29) is 6.61 Å². The van der Waals surface area contributed by atoms with E-state index in [1.165, 1.54) is 57.8 Å². The second kappa shape index (κ2) is 9.75. The zero-order valence-corrected chi connectivity index (χ0v) is 13.0. The summed E-state index contributed by atoms with van der Waals surface area (Å²) < 4.78 is 5.33. The molecule has 3 heteroatoms. The molecule has 2 unspecified atom stereocenters. The lowest BCUT2D eigenvalue weighted by Gasteiger charge is -2.39. The van der Waals surface area contributed by atoms with Crippen LogP contribution in [-0.4, -0.2) is 37.5 Å². The van der Waals surface area contributed by atoms with Crippen molar-refractivity contribution < 1.29 is 9.84 Å². The SMILES string of the molecule is OCCOCCCNC1CCCCC1C1CCCCC1. The Morgan fingerprint density at radius 1 is 0.900 bits per heavy atom. The first-order valence-electron chi connectivity index (χ1n) is 8.84. The minimum atomic E-state index is 0.139. The Kier molecular flexibility index (Phi) is 7.92. The standard InChI is InChI=1S/C17H33NO2/c19-12-14-20-13-6-11-18-17-10-5-4-9-16(17)15-7-2-1-3-8-15/h15-19H,1-14H2. The molecule has 0 radical (unpaired) electrons. The number of aliphatic hydroxyl groups is 1. The third-order valence-electron chi connectivity index (χ3n) is 5.18. The quantitative estimate of drug-likeness (QED) is 0.673. The van der Waals surface area contributed by atoms with Gasteiger partial charge in [-0.3, -0.25) is 0 Å². The molecule has 0 aromatic rings. The van der Waals surface area contributed by atoms with E-state index in [1.807, 2.05) is 0 Å². The van der Waals surface area contributed by atoms with Gasteiger partial charge in [0.25, 0.3) is 0 Å². The van der Waals surface area contributed by atoms with E-state index in [9.17, 15) is 0 Å². The largest absolute Gasteiger partial charge is 0.394 e. The highest BCUT2D eigenvalue weighted by Crippen LogP contribution is 2.38. The van der Waals surface area contributed by atoms with Crippen molar-refractivity contribution in [1.29, 1.82) is 0 Å². The van der Waals surface area contributed by atoms with E-state index < -0.39 is 0 Å². The Balaban J connectivity index is 1.67. The van der Waals surface area contributed by atoms with Gasteiger partial charge in [-0.1, -0.05) is 44.9 Å². The van der Waals surface area contributed by atoms with Gasteiger partial charge in [-0.05, 0) is 37.6 Å². The lowest BCUT2D eigenvalue weighted by molar-refractivity contribution is 0.0882. The molecule has 0 heterocycles. The minimum absolute atomic E-state index is 0.139. The predicted molar refractivity (Wildman–Crippen MR) is 82.8 cm³/mol. The first kappa shape index (κ1) is 16.3. The van der Waals surface area contributed by atoms with Crippen molar-refractivity contribution in [3.8, 4) is 0 Å². The van der Waals surface area contributed by atoms with Gasteiger partial charge in [0, 0.05) is 12.6 Å². The molecule has 20 heavy (non-hydrogen) atoms. The fourth-order valence-electron chi connectivity index (χ4n) is 4.17. The van der Waals surface area contributed by atoms with E-state index in [0.717, 1.165) is 37.5 Å². The summed E-state index contributed by atoms with van der Waals surface area (Å²) in [6.07, 6.45) is 14.1. The Bertz CT molecular complexity index is 241. The van der Waals surface area contributed by atoms with Gasteiger partial charge in [0.15, 0.2) is 0 Å². The van der Waals surface area contributed by atoms with E-state index in [1.54, 1.807) is 0 Å². The van der Waals surface area contributed by atoms with Crippen LogP contribution in [0, 0.1) is 11.8 Å². The second-order valence-electron chi connectivity index (χ2n) is 6.60. The van der Waals surface area contributed by atoms with Crippen LogP contribution >= 0.6 is 0 Å². The maximum Gasteiger partial charge on any atom is 0.0697 e. The van der Waals surface area contributed by atoms with Crippen molar-refractivity contribution >= 4 is 0 Å². The van der Waals surface area contributed by atoms with Gasteiger partial charge in [-0.15, -0.1) is 0 Å². The molecule has 2 saturated carbocycles. The monoisotopic (exact) mass is 283 g/mol. The van der Waals surface area contributed by atoms with E-state index in [0.29, 0.717) is 6.61 Å². The van der Waals surface area contributed by atoms with Crippen LogP contribution in [0.25, 0.3) is 0 Å². The molecule has 0 saturated heterocycles. The highest BCUT2D eigenvalue weighted by molar-refractivity contribution is 4.86. The van der Waals surface area contributed by atoms with Crippen molar-refractivity contribution in [2.75, 3.05) is 26.4 Å². The molecular weight excluding hydrogens is 250 g/mol. The predicted octanol–water partition coefficient (Wildman–Crippen LogP) is 3.11. The normalized spacial score (nSPS) is 28.6. The zero-order valence-electron chi connectivity index (χ0n) is 13.0.